The molecule has 2 aromatic carbocycles. The molecule has 0 saturated carbocycles. The minimum atomic E-state index is 0.0905. The minimum Gasteiger partial charge on any atom is -0.491 e. The molecule has 3 aliphatic rings. The number of methoxy groups -OCH3 is 1. The van der Waals surface area contributed by atoms with Gasteiger partial charge in [-0.3, -0.25) is 9.69 Å². The van der Waals surface area contributed by atoms with Gasteiger partial charge in [-0.2, -0.15) is 0 Å². The summed E-state index contributed by atoms with van der Waals surface area (Å²) in [5.41, 5.74) is 4.31. The van der Waals surface area contributed by atoms with Crippen LogP contribution in [0.1, 0.15) is 54.8 Å². The van der Waals surface area contributed by atoms with Gasteiger partial charge in [-0.15, -0.1) is 0 Å². The summed E-state index contributed by atoms with van der Waals surface area (Å²) in [5, 5.41) is 1.69. The van der Waals surface area contributed by atoms with Gasteiger partial charge in [0.05, 0.1) is 12.2 Å². The normalized spacial score (nSPS) is 22.8. The Bertz CT molecular complexity index is 1290. The summed E-state index contributed by atoms with van der Waals surface area (Å²) in [6.45, 7) is 4.61. The van der Waals surface area contributed by atoms with Crippen LogP contribution < -0.4 is 10.3 Å². The van der Waals surface area contributed by atoms with Crippen LogP contribution in [0.3, 0.4) is 0 Å². The van der Waals surface area contributed by atoms with E-state index in [9.17, 15) is 4.79 Å². The monoisotopic (exact) mass is 502 g/mol. The Balaban J connectivity index is 1.12. The lowest BCUT2D eigenvalue weighted by Gasteiger charge is -2.32. The van der Waals surface area contributed by atoms with E-state index in [1.807, 2.05) is 36.1 Å². The number of aromatic nitrogens is 1. The molecule has 3 heterocycles. The fourth-order valence-corrected chi connectivity index (χ4v) is 6.27. The number of pyridine rings is 1. The van der Waals surface area contributed by atoms with Crippen molar-refractivity contribution in [2.75, 3.05) is 33.4 Å². The number of hydrogen-bond donors (Lipinski definition) is 0. The zero-order valence-corrected chi connectivity index (χ0v) is 21.9. The molecule has 2 saturated heterocycles. The predicted octanol–water partition coefficient (Wildman–Crippen LogP) is 4.90. The maximum atomic E-state index is 13.4. The quantitative estimate of drug-likeness (QED) is 0.460. The Morgan fingerprint density at radius 3 is 2.70 bits per heavy atom. The van der Waals surface area contributed by atoms with Crippen LogP contribution in [0.25, 0.3) is 10.8 Å². The lowest BCUT2D eigenvalue weighted by atomic mass is 9.86. The molecule has 6 nitrogen and oxygen atoms in total. The van der Waals surface area contributed by atoms with Crippen LogP contribution >= 0.6 is 0 Å². The van der Waals surface area contributed by atoms with E-state index in [0.29, 0.717) is 12.7 Å². The lowest BCUT2D eigenvalue weighted by molar-refractivity contribution is 0.0388. The van der Waals surface area contributed by atoms with Crippen LogP contribution in [-0.4, -0.2) is 55.1 Å². The largest absolute Gasteiger partial charge is 0.491 e. The standard InChI is InChI=1S/C31H38N2O4/c1-35-27-11-13-32(14-12-27)20-22-4-5-24-18-26(7-6-23(24)17-22)33-15-10-25-19-28(8-9-30(25)31(33)34)37-21-29-3-2-16-36-29/h4-5,8-10,15,17,19,26-27,29H,2-3,6-7,11-14,16,18,20-21H2,1H3. The number of nitrogens with zero attached hydrogens (tertiary/aromatic N) is 2. The molecule has 0 radical (unpaired) electrons. The summed E-state index contributed by atoms with van der Waals surface area (Å²) < 4.78 is 19.1. The van der Waals surface area contributed by atoms with E-state index in [4.69, 9.17) is 14.2 Å². The molecule has 0 spiro atoms. The first kappa shape index (κ1) is 24.7. The Labute approximate surface area is 219 Å². The third-order valence-corrected chi connectivity index (χ3v) is 8.50. The molecule has 6 rings (SSSR count). The molecule has 1 aliphatic carbocycles. The van der Waals surface area contributed by atoms with Gasteiger partial charge in [-0.25, -0.2) is 0 Å². The maximum absolute atomic E-state index is 13.4. The van der Waals surface area contributed by atoms with E-state index in [0.717, 1.165) is 87.7 Å². The highest BCUT2D eigenvalue weighted by Gasteiger charge is 2.23. The second kappa shape index (κ2) is 11.0. The Kier molecular flexibility index (Phi) is 7.32. The number of rotatable bonds is 7. The highest BCUT2D eigenvalue weighted by Crippen LogP contribution is 2.30. The second-order valence-corrected chi connectivity index (χ2v) is 10.9. The van der Waals surface area contributed by atoms with Crippen molar-refractivity contribution in [3.8, 4) is 5.75 Å². The molecule has 6 heteroatoms. The summed E-state index contributed by atoms with van der Waals surface area (Å²) in [6, 6.07) is 15.0. The predicted molar refractivity (Wildman–Crippen MR) is 145 cm³/mol. The van der Waals surface area contributed by atoms with E-state index in [-0.39, 0.29) is 17.7 Å². The van der Waals surface area contributed by atoms with Crippen molar-refractivity contribution < 1.29 is 14.2 Å². The molecule has 2 aliphatic heterocycles. The molecular weight excluding hydrogens is 464 g/mol. The number of likely N-dealkylation sites (tertiary alicyclic amines) is 1. The van der Waals surface area contributed by atoms with Gasteiger partial charge in [0.15, 0.2) is 0 Å². The average Bonchev–Trinajstić information content (AvgIpc) is 3.46. The lowest BCUT2D eigenvalue weighted by Crippen LogP contribution is -2.36. The first-order valence-electron chi connectivity index (χ1n) is 13.9. The Hall–Kier alpha value is -2.67. The first-order valence-corrected chi connectivity index (χ1v) is 13.9. The zero-order valence-electron chi connectivity index (χ0n) is 21.9. The van der Waals surface area contributed by atoms with Gasteiger partial charge in [0, 0.05) is 51.0 Å². The fourth-order valence-electron chi connectivity index (χ4n) is 6.27. The van der Waals surface area contributed by atoms with Gasteiger partial charge in [0.25, 0.3) is 5.56 Å². The van der Waals surface area contributed by atoms with Crippen LogP contribution in [0, 0.1) is 0 Å². The minimum absolute atomic E-state index is 0.0905. The van der Waals surface area contributed by atoms with E-state index >= 15 is 0 Å². The summed E-state index contributed by atoms with van der Waals surface area (Å²) in [6.07, 6.45) is 9.88. The third-order valence-electron chi connectivity index (χ3n) is 8.50. The van der Waals surface area contributed by atoms with Gasteiger partial charge in [-0.05, 0) is 91.3 Å². The highest BCUT2D eigenvalue weighted by molar-refractivity contribution is 5.82. The van der Waals surface area contributed by atoms with E-state index < -0.39 is 0 Å². The number of piperidine rings is 1. The number of fused-ring (bicyclic) bond motifs is 2. The average molecular weight is 503 g/mol. The van der Waals surface area contributed by atoms with Gasteiger partial charge in [-0.1, -0.05) is 18.2 Å². The van der Waals surface area contributed by atoms with Gasteiger partial charge >= 0.3 is 0 Å². The number of ether oxygens (including phenoxy) is 3. The van der Waals surface area contributed by atoms with Crippen molar-refractivity contribution >= 4 is 10.8 Å². The molecule has 2 unspecified atom stereocenters. The van der Waals surface area contributed by atoms with Crippen molar-refractivity contribution in [3.63, 3.8) is 0 Å². The Morgan fingerprint density at radius 1 is 1.00 bits per heavy atom. The van der Waals surface area contributed by atoms with Gasteiger partial charge in [0.1, 0.15) is 12.4 Å². The summed E-state index contributed by atoms with van der Waals surface area (Å²) in [7, 11) is 1.82. The molecule has 2 fully saturated rings. The smallest absolute Gasteiger partial charge is 0.258 e. The van der Waals surface area contributed by atoms with E-state index in [2.05, 4.69) is 29.2 Å². The zero-order chi connectivity index (χ0) is 25.2. The maximum Gasteiger partial charge on any atom is 0.258 e. The van der Waals surface area contributed by atoms with Crippen LogP contribution in [0.4, 0.5) is 0 Å². The Morgan fingerprint density at radius 2 is 1.89 bits per heavy atom. The molecule has 2 atom stereocenters. The second-order valence-electron chi connectivity index (χ2n) is 10.9. The highest BCUT2D eigenvalue weighted by atomic mass is 16.5. The van der Waals surface area contributed by atoms with Crippen molar-refractivity contribution in [2.24, 2.45) is 0 Å². The molecule has 0 amide bonds. The summed E-state index contributed by atoms with van der Waals surface area (Å²) >= 11 is 0. The van der Waals surface area contributed by atoms with E-state index in [1.54, 1.807) is 0 Å². The summed E-state index contributed by atoms with van der Waals surface area (Å²) in [4.78, 5) is 16.0. The molecule has 0 bridgehead atoms. The molecule has 0 N–H and O–H groups in total. The molecular formula is C31H38N2O4. The molecule has 196 valence electrons. The van der Waals surface area contributed by atoms with Crippen molar-refractivity contribution in [1.29, 1.82) is 0 Å². The van der Waals surface area contributed by atoms with Gasteiger partial charge in [0.2, 0.25) is 0 Å². The fraction of sp³-hybridized carbons (Fsp3) is 0.516. The van der Waals surface area contributed by atoms with Crippen molar-refractivity contribution in [2.45, 2.75) is 69.7 Å². The molecule has 1 aromatic heterocycles. The number of benzene rings is 2. The molecule has 37 heavy (non-hydrogen) atoms. The molecule has 3 aromatic rings. The van der Waals surface area contributed by atoms with Crippen LogP contribution in [0.5, 0.6) is 5.75 Å². The summed E-state index contributed by atoms with van der Waals surface area (Å²) in [5.74, 6) is 0.797. The van der Waals surface area contributed by atoms with Crippen LogP contribution in [0.2, 0.25) is 0 Å². The van der Waals surface area contributed by atoms with Crippen molar-refractivity contribution in [3.05, 3.63) is 75.7 Å². The third kappa shape index (κ3) is 5.47. The van der Waals surface area contributed by atoms with Crippen LogP contribution in [0.15, 0.2) is 53.5 Å². The van der Waals surface area contributed by atoms with Crippen LogP contribution in [-0.2, 0) is 28.9 Å². The van der Waals surface area contributed by atoms with Crippen molar-refractivity contribution in [1.82, 2.24) is 9.47 Å². The number of hydrogen-bond acceptors (Lipinski definition) is 5. The topological polar surface area (TPSA) is 52.9 Å². The van der Waals surface area contributed by atoms with E-state index in [1.165, 1.54) is 16.7 Å². The van der Waals surface area contributed by atoms with Gasteiger partial charge < -0.3 is 18.8 Å². The number of aryl methyl sites for hydroxylation is 1. The first-order chi connectivity index (χ1) is 18.2. The SMILES string of the molecule is COC1CCN(Cc2ccc3c(c2)CCC(n2ccc4cc(OCC5CCCO5)ccc4c2=O)C3)CC1.